The lowest BCUT2D eigenvalue weighted by molar-refractivity contribution is 0.385. The van der Waals surface area contributed by atoms with Gasteiger partial charge in [0.05, 0.1) is 4.90 Å². The highest BCUT2D eigenvalue weighted by molar-refractivity contribution is 7.89. The molecule has 4 nitrogen and oxygen atoms in total. The Labute approximate surface area is 151 Å². The molecule has 25 heavy (non-hydrogen) atoms. The summed E-state index contributed by atoms with van der Waals surface area (Å²) in [4.78, 5) is 2.65. The van der Waals surface area contributed by atoms with Crippen LogP contribution in [-0.4, -0.2) is 38.9 Å². The smallest absolute Gasteiger partial charge is 0.243 e. The van der Waals surface area contributed by atoms with Gasteiger partial charge in [-0.1, -0.05) is 38.1 Å². The van der Waals surface area contributed by atoms with E-state index in [4.69, 9.17) is 0 Å². The van der Waals surface area contributed by atoms with Crippen LogP contribution in [-0.2, 0) is 10.0 Å². The minimum absolute atomic E-state index is 0.391. The topological polar surface area (TPSA) is 40.6 Å². The van der Waals surface area contributed by atoms with Gasteiger partial charge in [-0.05, 0) is 48.2 Å². The third kappa shape index (κ3) is 3.88. The van der Waals surface area contributed by atoms with Crippen LogP contribution >= 0.6 is 0 Å². The molecule has 1 fully saturated rings. The fourth-order valence-corrected chi connectivity index (χ4v) is 4.71. The summed E-state index contributed by atoms with van der Waals surface area (Å²) in [7, 11) is -3.40. The first-order valence-corrected chi connectivity index (χ1v) is 10.2. The molecule has 2 aromatic carbocycles. The van der Waals surface area contributed by atoms with Crippen LogP contribution in [0.2, 0.25) is 0 Å². The molecular weight excluding hydrogens is 332 g/mol. The van der Waals surface area contributed by atoms with Gasteiger partial charge in [-0.2, -0.15) is 4.31 Å². The van der Waals surface area contributed by atoms with Crippen molar-refractivity contribution in [2.75, 3.05) is 31.1 Å². The summed E-state index contributed by atoms with van der Waals surface area (Å²) in [6, 6.07) is 15.7. The maximum Gasteiger partial charge on any atom is 0.243 e. The lowest BCUT2D eigenvalue weighted by atomic mass is 10.0. The summed E-state index contributed by atoms with van der Waals surface area (Å²) in [6.45, 7) is 8.74. The average Bonchev–Trinajstić information content (AvgIpc) is 2.62. The Balaban J connectivity index is 1.69. The number of aryl methyl sites for hydroxylation is 1. The van der Waals surface area contributed by atoms with E-state index in [0.717, 1.165) is 11.3 Å². The second kappa shape index (κ2) is 7.18. The van der Waals surface area contributed by atoms with Gasteiger partial charge in [0.1, 0.15) is 0 Å². The van der Waals surface area contributed by atoms with Crippen molar-refractivity contribution in [1.29, 1.82) is 0 Å². The van der Waals surface area contributed by atoms with Crippen molar-refractivity contribution in [1.82, 2.24) is 4.31 Å². The van der Waals surface area contributed by atoms with E-state index in [1.165, 1.54) is 5.56 Å². The molecule has 0 aromatic heterocycles. The summed E-state index contributed by atoms with van der Waals surface area (Å²) in [5, 5.41) is 0. The molecule has 3 rings (SSSR count). The Bertz CT molecular complexity index is 821. The molecule has 1 heterocycles. The van der Waals surface area contributed by atoms with Gasteiger partial charge in [0.2, 0.25) is 10.0 Å². The molecule has 0 spiro atoms. The van der Waals surface area contributed by atoms with Crippen LogP contribution < -0.4 is 4.90 Å². The van der Waals surface area contributed by atoms with Gasteiger partial charge in [0.25, 0.3) is 0 Å². The third-order valence-corrected chi connectivity index (χ3v) is 6.69. The third-order valence-electron chi connectivity index (χ3n) is 4.79. The molecule has 1 aliphatic heterocycles. The molecule has 0 saturated carbocycles. The van der Waals surface area contributed by atoms with Gasteiger partial charge in [-0.25, -0.2) is 8.42 Å². The molecule has 0 atom stereocenters. The first kappa shape index (κ1) is 18.0. The fourth-order valence-electron chi connectivity index (χ4n) is 3.18. The highest BCUT2D eigenvalue weighted by Gasteiger charge is 2.28. The van der Waals surface area contributed by atoms with Crippen molar-refractivity contribution in [2.24, 2.45) is 0 Å². The van der Waals surface area contributed by atoms with E-state index in [-0.39, 0.29) is 0 Å². The first-order chi connectivity index (χ1) is 11.9. The largest absolute Gasteiger partial charge is 0.369 e. The number of sulfonamides is 1. The number of rotatable bonds is 4. The molecule has 0 aliphatic carbocycles. The molecule has 0 unspecified atom stereocenters. The summed E-state index contributed by atoms with van der Waals surface area (Å²) in [5.74, 6) is 0.519. The van der Waals surface area contributed by atoms with Crippen molar-refractivity contribution in [3.8, 4) is 0 Å². The zero-order chi connectivity index (χ0) is 18.0. The van der Waals surface area contributed by atoms with E-state index in [1.807, 2.05) is 13.0 Å². The van der Waals surface area contributed by atoms with Gasteiger partial charge in [0, 0.05) is 31.9 Å². The maximum atomic E-state index is 12.8. The predicted molar refractivity (Wildman–Crippen MR) is 103 cm³/mol. The minimum Gasteiger partial charge on any atom is -0.369 e. The Morgan fingerprint density at radius 2 is 1.56 bits per heavy atom. The molecule has 0 radical (unpaired) electrons. The van der Waals surface area contributed by atoms with Crippen LogP contribution in [0.4, 0.5) is 5.69 Å². The van der Waals surface area contributed by atoms with Crippen LogP contribution in [0.5, 0.6) is 0 Å². The van der Waals surface area contributed by atoms with E-state index < -0.39 is 10.0 Å². The Hall–Kier alpha value is -1.85. The number of benzene rings is 2. The first-order valence-electron chi connectivity index (χ1n) is 8.79. The van der Waals surface area contributed by atoms with Crippen LogP contribution in [0.15, 0.2) is 53.4 Å². The summed E-state index contributed by atoms with van der Waals surface area (Å²) >= 11 is 0. The molecule has 134 valence electrons. The number of nitrogens with zero attached hydrogens (tertiary/aromatic N) is 2. The lowest BCUT2D eigenvalue weighted by Crippen LogP contribution is -2.48. The van der Waals surface area contributed by atoms with Gasteiger partial charge in [0.15, 0.2) is 0 Å². The highest BCUT2D eigenvalue weighted by atomic mass is 32.2. The zero-order valence-electron chi connectivity index (χ0n) is 15.1. The standard InChI is InChI=1S/C20H26N2O2S/c1-16(2)18-7-9-19(10-8-18)21-11-13-22(14-12-21)25(23,24)20-6-4-5-17(3)15-20/h4-10,15-16H,11-14H2,1-3H3. The maximum absolute atomic E-state index is 12.8. The van der Waals surface area contributed by atoms with Crippen LogP contribution in [0.1, 0.15) is 30.9 Å². The van der Waals surface area contributed by atoms with E-state index >= 15 is 0 Å². The van der Waals surface area contributed by atoms with Crippen molar-refractivity contribution in [3.63, 3.8) is 0 Å². The average molecular weight is 359 g/mol. The molecule has 1 aliphatic rings. The van der Waals surface area contributed by atoms with Gasteiger partial charge in [-0.15, -0.1) is 0 Å². The molecule has 1 saturated heterocycles. The van der Waals surface area contributed by atoms with Crippen molar-refractivity contribution in [2.45, 2.75) is 31.6 Å². The van der Waals surface area contributed by atoms with Gasteiger partial charge < -0.3 is 4.90 Å². The molecule has 0 N–H and O–H groups in total. The van der Waals surface area contributed by atoms with Crippen molar-refractivity contribution < 1.29 is 8.42 Å². The molecule has 5 heteroatoms. The fraction of sp³-hybridized carbons (Fsp3) is 0.400. The SMILES string of the molecule is Cc1cccc(S(=O)(=O)N2CCN(c3ccc(C(C)C)cc3)CC2)c1. The Kier molecular flexibility index (Phi) is 5.16. The lowest BCUT2D eigenvalue weighted by Gasteiger charge is -2.35. The highest BCUT2D eigenvalue weighted by Crippen LogP contribution is 2.23. The van der Waals surface area contributed by atoms with Crippen LogP contribution in [0.3, 0.4) is 0 Å². The second-order valence-electron chi connectivity index (χ2n) is 6.95. The molecule has 0 bridgehead atoms. The van der Waals surface area contributed by atoms with Gasteiger partial charge in [-0.3, -0.25) is 0 Å². The van der Waals surface area contributed by atoms with Crippen LogP contribution in [0, 0.1) is 6.92 Å². The van der Waals surface area contributed by atoms with Gasteiger partial charge >= 0.3 is 0 Å². The minimum atomic E-state index is -3.40. The van der Waals surface area contributed by atoms with E-state index in [9.17, 15) is 8.42 Å². The Morgan fingerprint density at radius 3 is 2.12 bits per heavy atom. The molecule has 2 aromatic rings. The molecule has 0 amide bonds. The number of anilines is 1. The quantitative estimate of drug-likeness (QED) is 0.838. The number of hydrogen-bond acceptors (Lipinski definition) is 3. The zero-order valence-corrected chi connectivity index (χ0v) is 16.0. The number of piperazine rings is 1. The normalized spacial score (nSPS) is 16.4. The van der Waals surface area contributed by atoms with E-state index in [2.05, 4.69) is 43.0 Å². The molecular formula is C20H26N2O2S. The van der Waals surface area contributed by atoms with Crippen LogP contribution in [0.25, 0.3) is 0 Å². The van der Waals surface area contributed by atoms with E-state index in [0.29, 0.717) is 37.0 Å². The van der Waals surface area contributed by atoms with Crippen molar-refractivity contribution in [3.05, 3.63) is 59.7 Å². The second-order valence-corrected chi connectivity index (χ2v) is 8.89. The predicted octanol–water partition coefficient (Wildman–Crippen LogP) is 3.63. The summed E-state index contributed by atoms with van der Waals surface area (Å²) in [5.41, 5.74) is 3.45. The van der Waals surface area contributed by atoms with Crippen molar-refractivity contribution >= 4 is 15.7 Å². The summed E-state index contributed by atoms with van der Waals surface area (Å²) < 4.78 is 27.2. The monoisotopic (exact) mass is 358 g/mol. The summed E-state index contributed by atoms with van der Waals surface area (Å²) in [6.07, 6.45) is 0. The number of hydrogen-bond donors (Lipinski definition) is 0. The Morgan fingerprint density at radius 1 is 0.920 bits per heavy atom. The van der Waals surface area contributed by atoms with E-state index in [1.54, 1.807) is 22.5 Å².